The van der Waals surface area contributed by atoms with Gasteiger partial charge in [0.2, 0.25) is 0 Å². The molecule has 3 aromatic rings. The zero-order valence-corrected chi connectivity index (χ0v) is 12.8. The van der Waals surface area contributed by atoms with Crippen LogP contribution in [-0.4, -0.2) is 23.3 Å². The van der Waals surface area contributed by atoms with Gasteiger partial charge in [-0.2, -0.15) is 8.42 Å². The minimum Gasteiger partial charge on any atom is -0.343 e. The summed E-state index contributed by atoms with van der Waals surface area (Å²) in [7, 11) is -3.92. The van der Waals surface area contributed by atoms with E-state index in [9.17, 15) is 8.42 Å². The molecule has 1 N–H and O–H groups in total. The number of fused-ring (bicyclic) bond motifs is 1. The lowest BCUT2D eigenvalue weighted by Gasteiger charge is -2.06. The highest BCUT2D eigenvalue weighted by Gasteiger charge is 2.07. The highest BCUT2D eigenvalue weighted by molar-refractivity contribution is 7.85. The van der Waals surface area contributed by atoms with Crippen molar-refractivity contribution in [2.24, 2.45) is 0 Å². The Labute approximate surface area is 129 Å². The van der Waals surface area contributed by atoms with Crippen molar-refractivity contribution in [2.45, 2.75) is 13.0 Å². The summed E-state index contributed by atoms with van der Waals surface area (Å²) in [5.74, 6) is -0.247. The van der Waals surface area contributed by atoms with Crippen LogP contribution < -0.4 is 0 Å². The molecule has 4 nitrogen and oxygen atoms in total. The standard InChI is InChI=1S/C17H17NO3S/c19-22(20,21)11-9-14-6-7-17-16(12-14)8-10-18(17)13-15-4-2-1-3-5-15/h1-8,10,12H,9,11,13H2,(H,19,20,21). The molecular weight excluding hydrogens is 298 g/mol. The molecule has 0 aliphatic carbocycles. The highest BCUT2D eigenvalue weighted by Crippen LogP contribution is 2.19. The molecule has 0 bridgehead atoms. The van der Waals surface area contributed by atoms with Crippen LogP contribution in [0.5, 0.6) is 0 Å². The Morgan fingerprint density at radius 1 is 0.955 bits per heavy atom. The number of aromatic nitrogens is 1. The van der Waals surface area contributed by atoms with Gasteiger partial charge in [0.1, 0.15) is 0 Å². The second-order valence-corrected chi connectivity index (χ2v) is 6.93. The lowest BCUT2D eigenvalue weighted by atomic mass is 10.1. The SMILES string of the molecule is O=S(=O)(O)CCc1ccc2c(ccn2Cc2ccccc2)c1. The largest absolute Gasteiger partial charge is 0.343 e. The Morgan fingerprint density at radius 2 is 1.73 bits per heavy atom. The maximum absolute atomic E-state index is 10.8. The average molecular weight is 315 g/mol. The molecule has 0 saturated heterocycles. The van der Waals surface area contributed by atoms with Gasteiger partial charge in [-0.05, 0) is 41.1 Å². The summed E-state index contributed by atoms with van der Waals surface area (Å²) in [4.78, 5) is 0. The molecule has 0 aliphatic heterocycles. The van der Waals surface area contributed by atoms with Crippen molar-refractivity contribution in [3.63, 3.8) is 0 Å². The van der Waals surface area contributed by atoms with E-state index in [1.54, 1.807) is 0 Å². The molecule has 0 atom stereocenters. The summed E-state index contributed by atoms with van der Waals surface area (Å²) < 4.78 is 32.6. The van der Waals surface area contributed by atoms with Crippen LogP contribution >= 0.6 is 0 Å². The smallest absolute Gasteiger partial charge is 0.265 e. The van der Waals surface area contributed by atoms with Crippen LogP contribution in [0.1, 0.15) is 11.1 Å². The van der Waals surface area contributed by atoms with Crippen LogP contribution in [0.3, 0.4) is 0 Å². The molecule has 0 unspecified atom stereocenters. The van der Waals surface area contributed by atoms with E-state index in [0.29, 0.717) is 6.42 Å². The molecule has 2 aromatic carbocycles. The van der Waals surface area contributed by atoms with Crippen molar-refractivity contribution in [3.8, 4) is 0 Å². The maximum atomic E-state index is 10.8. The first-order valence-electron chi connectivity index (χ1n) is 7.08. The third-order valence-electron chi connectivity index (χ3n) is 3.68. The zero-order valence-electron chi connectivity index (χ0n) is 12.0. The van der Waals surface area contributed by atoms with Crippen molar-refractivity contribution in [2.75, 3.05) is 5.75 Å². The second-order valence-electron chi connectivity index (χ2n) is 5.36. The van der Waals surface area contributed by atoms with Gasteiger partial charge in [0.15, 0.2) is 0 Å². The van der Waals surface area contributed by atoms with Crippen LogP contribution in [0.4, 0.5) is 0 Å². The fourth-order valence-corrected chi connectivity index (χ4v) is 3.06. The third kappa shape index (κ3) is 3.55. The van der Waals surface area contributed by atoms with Gasteiger partial charge in [0.05, 0.1) is 5.75 Å². The molecule has 1 aromatic heterocycles. The van der Waals surface area contributed by atoms with Crippen molar-refractivity contribution in [3.05, 3.63) is 71.9 Å². The van der Waals surface area contributed by atoms with Crippen LogP contribution in [0, 0.1) is 0 Å². The Balaban J connectivity index is 1.83. The number of benzene rings is 2. The number of aryl methyl sites for hydroxylation is 1. The van der Waals surface area contributed by atoms with E-state index in [-0.39, 0.29) is 5.75 Å². The minimum absolute atomic E-state index is 0.247. The fourth-order valence-electron chi connectivity index (χ4n) is 2.57. The first-order chi connectivity index (χ1) is 10.5. The minimum atomic E-state index is -3.92. The Morgan fingerprint density at radius 3 is 2.45 bits per heavy atom. The van der Waals surface area contributed by atoms with Crippen LogP contribution in [0.15, 0.2) is 60.8 Å². The van der Waals surface area contributed by atoms with Crippen LogP contribution in [0.2, 0.25) is 0 Å². The molecule has 22 heavy (non-hydrogen) atoms. The Hall–Kier alpha value is -2.11. The average Bonchev–Trinajstić information content (AvgIpc) is 2.88. The molecule has 114 valence electrons. The first-order valence-corrected chi connectivity index (χ1v) is 8.69. The topological polar surface area (TPSA) is 59.3 Å². The molecule has 0 radical (unpaired) electrons. The molecule has 0 spiro atoms. The predicted molar refractivity (Wildman–Crippen MR) is 87.6 cm³/mol. The highest BCUT2D eigenvalue weighted by atomic mass is 32.2. The Bertz CT molecular complexity index is 883. The summed E-state index contributed by atoms with van der Waals surface area (Å²) in [6, 6.07) is 18.1. The van der Waals surface area contributed by atoms with Crippen LogP contribution in [-0.2, 0) is 23.1 Å². The van der Waals surface area contributed by atoms with Gasteiger partial charge in [-0.3, -0.25) is 4.55 Å². The number of hydrogen-bond acceptors (Lipinski definition) is 2. The van der Waals surface area contributed by atoms with Crippen molar-refractivity contribution < 1.29 is 13.0 Å². The predicted octanol–water partition coefficient (Wildman–Crippen LogP) is 3.12. The van der Waals surface area contributed by atoms with E-state index in [2.05, 4.69) is 16.7 Å². The van der Waals surface area contributed by atoms with E-state index < -0.39 is 10.1 Å². The molecule has 0 aliphatic rings. The molecular formula is C17H17NO3S. The number of rotatable bonds is 5. The van der Waals surface area contributed by atoms with E-state index in [0.717, 1.165) is 23.0 Å². The Kier molecular flexibility index (Phi) is 4.00. The van der Waals surface area contributed by atoms with E-state index in [1.165, 1.54) is 5.56 Å². The van der Waals surface area contributed by atoms with Gasteiger partial charge >= 0.3 is 0 Å². The fraction of sp³-hybridized carbons (Fsp3) is 0.176. The summed E-state index contributed by atoms with van der Waals surface area (Å²) in [6.07, 6.45) is 2.35. The molecule has 1 heterocycles. The van der Waals surface area contributed by atoms with E-state index in [1.807, 2.05) is 48.7 Å². The quantitative estimate of drug-likeness (QED) is 0.736. The molecule has 0 amide bonds. The monoisotopic (exact) mass is 315 g/mol. The third-order valence-corrected chi connectivity index (χ3v) is 4.40. The van der Waals surface area contributed by atoms with E-state index >= 15 is 0 Å². The van der Waals surface area contributed by atoms with Gasteiger partial charge in [-0.1, -0.05) is 36.4 Å². The van der Waals surface area contributed by atoms with Gasteiger partial charge in [0, 0.05) is 18.3 Å². The normalized spacial score (nSPS) is 11.9. The molecule has 3 rings (SSSR count). The second kappa shape index (κ2) is 5.94. The molecule has 0 saturated carbocycles. The molecule has 0 fully saturated rings. The van der Waals surface area contributed by atoms with Crippen LogP contribution in [0.25, 0.3) is 10.9 Å². The summed E-state index contributed by atoms with van der Waals surface area (Å²) >= 11 is 0. The van der Waals surface area contributed by atoms with Crippen molar-refractivity contribution in [1.29, 1.82) is 0 Å². The maximum Gasteiger partial charge on any atom is 0.265 e. The van der Waals surface area contributed by atoms with E-state index in [4.69, 9.17) is 4.55 Å². The first kappa shape index (κ1) is 14.8. The van der Waals surface area contributed by atoms with Gasteiger partial charge in [0.25, 0.3) is 10.1 Å². The summed E-state index contributed by atoms with van der Waals surface area (Å²) in [5, 5.41) is 1.07. The van der Waals surface area contributed by atoms with Gasteiger partial charge in [-0.15, -0.1) is 0 Å². The van der Waals surface area contributed by atoms with Gasteiger partial charge in [-0.25, -0.2) is 0 Å². The lowest BCUT2D eigenvalue weighted by Crippen LogP contribution is -2.06. The summed E-state index contributed by atoms with van der Waals surface area (Å²) in [6.45, 7) is 0.800. The lowest BCUT2D eigenvalue weighted by molar-refractivity contribution is 0.482. The number of hydrogen-bond donors (Lipinski definition) is 1. The molecule has 5 heteroatoms. The zero-order chi connectivity index (χ0) is 15.6. The van der Waals surface area contributed by atoms with Crippen molar-refractivity contribution in [1.82, 2.24) is 4.57 Å². The van der Waals surface area contributed by atoms with Gasteiger partial charge < -0.3 is 4.57 Å². The summed E-state index contributed by atoms with van der Waals surface area (Å²) in [5.41, 5.74) is 3.25. The van der Waals surface area contributed by atoms with Crippen molar-refractivity contribution >= 4 is 21.0 Å². The number of nitrogens with zero attached hydrogens (tertiary/aromatic N) is 1.